The summed E-state index contributed by atoms with van der Waals surface area (Å²) in [5, 5.41) is 3.15. The zero-order valence-corrected chi connectivity index (χ0v) is 13.5. The van der Waals surface area contributed by atoms with Gasteiger partial charge < -0.3 is 5.32 Å². The molecule has 0 aromatic heterocycles. The average molecular weight is 376 g/mol. The summed E-state index contributed by atoms with van der Waals surface area (Å²) in [7, 11) is 0. The first-order chi connectivity index (χ1) is 9.95. The van der Waals surface area contributed by atoms with Crippen LogP contribution in [0.2, 0.25) is 0 Å². The molecule has 0 saturated carbocycles. The first kappa shape index (κ1) is 16.2. The molecule has 1 nitrogen and oxygen atoms in total. The summed E-state index contributed by atoms with van der Waals surface area (Å²) < 4.78 is 39.0. The van der Waals surface area contributed by atoms with Crippen molar-refractivity contribution in [3.8, 4) is 0 Å². The van der Waals surface area contributed by atoms with Crippen molar-refractivity contribution >= 4 is 33.4 Å². The second-order valence-electron chi connectivity index (χ2n) is 4.43. The zero-order chi connectivity index (χ0) is 15.4. The zero-order valence-electron chi connectivity index (χ0n) is 11.1. The minimum Gasteiger partial charge on any atom is -0.378 e. The second-order valence-corrected chi connectivity index (χ2v) is 6.41. The lowest BCUT2D eigenvalue weighted by atomic mass is 10.1. The van der Waals surface area contributed by atoms with E-state index in [2.05, 4.69) is 21.2 Å². The van der Waals surface area contributed by atoms with Crippen LogP contribution in [0, 0.1) is 5.82 Å². The average Bonchev–Trinajstić information content (AvgIpc) is 2.40. The Kier molecular flexibility index (Phi) is 5.58. The molecular weight excluding hydrogens is 363 g/mol. The number of halogens is 4. The van der Waals surface area contributed by atoms with Crippen molar-refractivity contribution < 1.29 is 13.2 Å². The molecule has 112 valence electrons. The lowest BCUT2D eigenvalue weighted by Crippen LogP contribution is -2.08. The molecule has 6 heteroatoms. The van der Waals surface area contributed by atoms with E-state index < -0.39 is 5.76 Å². The number of hydrogen-bond acceptors (Lipinski definition) is 2. The van der Waals surface area contributed by atoms with Crippen molar-refractivity contribution in [2.75, 3.05) is 5.32 Å². The maximum absolute atomic E-state index is 13.9. The lowest BCUT2D eigenvalue weighted by Gasteiger charge is -2.17. The minimum atomic E-state index is -2.43. The van der Waals surface area contributed by atoms with Crippen molar-refractivity contribution in [3.05, 3.63) is 58.3 Å². The van der Waals surface area contributed by atoms with Gasteiger partial charge in [-0.05, 0) is 43.3 Å². The van der Waals surface area contributed by atoms with E-state index in [1.54, 1.807) is 36.4 Å². The van der Waals surface area contributed by atoms with E-state index in [1.807, 2.05) is 6.92 Å². The van der Waals surface area contributed by atoms with Crippen LogP contribution in [0.25, 0.3) is 0 Å². The van der Waals surface area contributed by atoms with E-state index in [1.165, 1.54) is 6.07 Å². The van der Waals surface area contributed by atoms with Gasteiger partial charge >= 0.3 is 0 Å². The van der Waals surface area contributed by atoms with Crippen LogP contribution in [0.3, 0.4) is 0 Å². The van der Waals surface area contributed by atoms with Crippen LogP contribution in [0.5, 0.6) is 0 Å². The third kappa shape index (κ3) is 4.68. The molecule has 1 atom stereocenters. The fraction of sp³-hybridized carbons (Fsp3) is 0.200. The molecule has 0 spiro atoms. The van der Waals surface area contributed by atoms with E-state index >= 15 is 0 Å². The normalized spacial score (nSPS) is 12.5. The molecule has 0 radical (unpaired) electrons. The summed E-state index contributed by atoms with van der Waals surface area (Å²) in [6.07, 6.45) is 0. The third-order valence-electron chi connectivity index (χ3n) is 2.89. The molecule has 0 saturated heterocycles. The van der Waals surface area contributed by atoms with Gasteiger partial charge in [0.05, 0.1) is 6.04 Å². The molecule has 0 amide bonds. The standard InChI is InChI=1S/C15H13BrF3NS/c1-9(13-7-2-10(16)8-14(13)17)20-11-3-5-12(6-4-11)21-15(18)19/h2-9,15,20H,1H3. The summed E-state index contributed by atoms with van der Waals surface area (Å²) in [6, 6.07) is 11.3. The molecule has 0 aliphatic heterocycles. The van der Waals surface area contributed by atoms with Crippen molar-refractivity contribution in [1.82, 2.24) is 0 Å². The third-order valence-corrected chi connectivity index (χ3v) is 4.11. The molecular formula is C15H13BrF3NS. The molecule has 1 unspecified atom stereocenters. The van der Waals surface area contributed by atoms with E-state index in [9.17, 15) is 13.2 Å². The number of benzene rings is 2. The van der Waals surface area contributed by atoms with Gasteiger partial charge in [-0.15, -0.1) is 0 Å². The molecule has 2 aromatic rings. The van der Waals surface area contributed by atoms with Gasteiger partial charge in [0.25, 0.3) is 5.76 Å². The summed E-state index contributed by atoms with van der Waals surface area (Å²) in [4.78, 5) is 0.498. The highest BCUT2D eigenvalue weighted by molar-refractivity contribution is 9.10. The maximum atomic E-state index is 13.9. The Hall–Kier alpha value is -1.14. The molecule has 1 N–H and O–H groups in total. The molecule has 21 heavy (non-hydrogen) atoms. The van der Waals surface area contributed by atoms with Gasteiger partial charge in [0.2, 0.25) is 0 Å². The van der Waals surface area contributed by atoms with Crippen LogP contribution in [0.4, 0.5) is 18.9 Å². The Bertz CT molecular complexity index is 604. The quantitative estimate of drug-likeness (QED) is 0.635. The second kappa shape index (κ2) is 7.22. The van der Waals surface area contributed by atoms with Crippen LogP contribution in [-0.2, 0) is 0 Å². The van der Waals surface area contributed by atoms with Gasteiger partial charge in [-0.2, -0.15) is 8.78 Å². The van der Waals surface area contributed by atoms with E-state index in [0.717, 1.165) is 5.69 Å². The molecule has 0 aliphatic rings. The summed E-state index contributed by atoms with van der Waals surface area (Å²) >= 11 is 3.72. The first-order valence-corrected chi connectivity index (χ1v) is 7.89. The SMILES string of the molecule is CC(Nc1ccc(SC(F)F)cc1)c1ccc(Br)cc1F. The topological polar surface area (TPSA) is 12.0 Å². The van der Waals surface area contributed by atoms with Gasteiger partial charge in [0, 0.05) is 20.6 Å². The lowest BCUT2D eigenvalue weighted by molar-refractivity contribution is 0.252. The molecule has 0 heterocycles. The Morgan fingerprint density at radius 2 is 1.76 bits per heavy atom. The highest BCUT2D eigenvalue weighted by atomic mass is 79.9. The van der Waals surface area contributed by atoms with Crippen LogP contribution < -0.4 is 5.32 Å². The van der Waals surface area contributed by atoms with Crippen molar-refractivity contribution in [2.45, 2.75) is 23.6 Å². The van der Waals surface area contributed by atoms with Crippen molar-refractivity contribution in [3.63, 3.8) is 0 Å². The predicted molar refractivity (Wildman–Crippen MR) is 84.4 cm³/mol. The molecule has 0 aliphatic carbocycles. The van der Waals surface area contributed by atoms with E-state index in [-0.39, 0.29) is 11.9 Å². The molecule has 0 fully saturated rings. The van der Waals surface area contributed by atoms with Crippen molar-refractivity contribution in [1.29, 1.82) is 0 Å². The fourth-order valence-corrected chi connectivity index (χ4v) is 2.75. The van der Waals surface area contributed by atoms with Gasteiger partial charge in [0.15, 0.2) is 0 Å². The Labute approximate surface area is 134 Å². The Morgan fingerprint density at radius 1 is 1.10 bits per heavy atom. The smallest absolute Gasteiger partial charge is 0.288 e. The van der Waals surface area contributed by atoms with Gasteiger partial charge in [-0.1, -0.05) is 33.8 Å². The fourth-order valence-electron chi connectivity index (χ4n) is 1.91. The van der Waals surface area contributed by atoms with Gasteiger partial charge in [-0.25, -0.2) is 4.39 Å². The first-order valence-electron chi connectivity index (χ1n) is 6.22. The van der Waals surface area contributed by atoms with Gasteiger partial charge in [-0.3, -0.25) is 0 Å². The van der Waals surface area contributed by atoms with Crippen LogP contribution in [0.15, 0.2) is 51.8 Å². The Balaban J connectivity index is 2.06. The number of alkyl halides is 2. The summed E-state index contributed by atoms with van der Waals surface area (Å²) in [5.74, 6) is -2.73. The maximum Gasteiger partial charge on any atom is 0.288 e. The number of hydrogen-bond donors (Lipinski definition) is 1. The number of anilines is 1. The molecule has 2 aromatic carbocycles. The van der Waals surface area contributed by atoms with Crippen LogP contribution in [-0.4, -0.2) is 5.76 Å². The number of rotatable bonds is 5. The van der Waals surface area contributed by atoms with Gasteiger partial charge in [0.1, 0.15) is 5.82 Å². The van der Waals surface area contributed by atoms with E-state index in [0.29, 0.717) is 26.7 Å². The highest BCUT2D eigenvalue weighted by Crippen LogP contribution is 2.28. The Morgan fingerprint density at radius 3 is 2.33 bits per heavy atom. The van der Waals surface area contributed by atoms with E-state index in [4.69, 9.17) is 0 Å². The van der Waals surface area contributed by atoms with Crippen LogP contribution >= 0.6 is 27.7 Å². The molecule has 2 rings (SSSR count). The largest absolute Gasteiger partial charge is 0.378 e. The van der Waals surface area contributed by atoms with Crippen molar-refractivity contribution in [2.24, 2.45) is 0 Å². The number of thioether (sulfide) groups is 1. The molecule has 0 bridgehead atoms. The highest BCUT2D eigenvalue weighted by Gasteiger charge is 2.11. The monoisotopic (exact) mass is 375 g/mol. The van der Waals surface area contributed by atoms with Crippen LogP contribution in [0.1, 0.15) is 18.5 Å². The summed E-state index contributed by atoms with van der Waals surface area (Å²) in [6.45, 7) is 1.84. The predicted octanol–water partition coefficient (Wildman–Crippen LogP) is 6.08. The number of nitrogens with one attached hydrogen (secondary N) is 1. The summed E-state index contributed by atoms with van der Waals surface area (Å²) in [5.41, 5.74) is 1.30. The minimum absolute atomic E-state index is 0.230.